The lowest BCUT2D eigenvalue weighted by atomic mass is 9.34. The maximum atomic E-state index is 14.2. The number of anilines is 1. The normalized spacial score (nSPS) is 43.2. The molecule has 2 N–H and O–H groups in total. The average Bonchev–Trinajstić information content (AvgIpc) is 3.10. The molecule has 2 amide bonds. The van der Waals surface area contributed by atoms with Gasteiger partial charge in [0.05, 0.1) is 22.9 Å². The van der Waals surface area contributed by atoms with Gasteiger partial charge >= 0.3 is 5.97 Å². The molecule has 1 heterocycles. The molecule has 7 rings (SSSR count). The fraction of sp³-hybridized carbons (Fsp3) is 0.633. The number of benzene rings is 1. The first kappa shape index (κ1) is 23.7. The van der Waals surface area contributed by atoms with E-state index in [2.05, 4.69) is 26.8 Å². The third-order valence-electron chi connectivity index (χ3n) is 11.2. The van der Waals surface area contributed by atoms with E-state index in [9.17, 15) is 24.6 Å². The molecule has 0 radical (unpaired) electrons. The fourth-order valence-corrected chi connectivity index (χ4v) is 9.84. The number of carboxylic acid groups (broad SMARTS) is 1. The van der Waals surface area contributed by atoms with Crippen molar-refractivity contribution >= 4 is 23.5 Å². The lowest BCUT2D eigenvalue weighted by Gasteiger charge is -2.68. The van der Waals surface area contributed by atoms with E-state index in [1.54, 1.807) is 18.2 Å². The molecule has 2 bridgehead atoms. The number of hydrogen-bond acceptors (Lipinski definition) is 4. The van der Waals surface area contributed by atoms with Gasteiger partial charge in [-0.2, -0.15) is 0 Å². The Kier molecular flexibility index (Phi) is 4.92. The maximum Gasteiger partial charge on any atom is 0.309 e. The second kappa shape index (κ2) is 7.45. The summed E-state index contributed by atoms with van der Waals surface area (Å²) >= 11 is 0. The molecule has 0 aromatic heterocycles. The van der Waals surface area contributed by atoms with E-state index in [0.717, 1.165) is 32.1 Å². The van der Waals surface area contributed by atoms with Crippen LogP contribution in [0.4, 0.5) is 5.69 Å². The van der Waals surface area contributed by atoms with Crippen molar-refractivity contribution in [3.05, 3.63) is 35.9 Å². The number of hydrogen-bond donors (Lipinski definition) is 2. The number of carbonyl (C=O) groups is 3. The van der Waals surface area contributed by atoms with Gasteiger partial charge in [-0.25, -0.2) is 4.90 Å². The zero-order valence-electron chi connectivity index (χ0n) is 21.7. The van der Waals surface area contributed by atoms with E-state index in [1.807, 2.05) is 6.92 Å². The van der Waals surface area contributed by atoms with E-state index in [1.165, 1.54) is 16.5 Å². The van der Waals surface area contributed by atoms with Crippen molar-refractivity contribution in [3.8, 4) is 5.75 Å². The van der Waals surface area contributed by atoms with Crippen molar-refractivity contribution in [2.75, 3.05) is 4.90 Å². The second-order valence-electron chi connectivity index (χ2n) is 13.0. The zero-order valence-corrected chi connectivity index (χ0v) is 21.7. The zero-order chi connectivity index (χ0) is 25.8. The highest BCUT2D eigenvalue weighted by Gasteiger charge is 2.73. The van der Waals surface area contributed by atoms with E-state index in [4.69, 9.17) is 0 Å². The van der Waals surface area contributed by atoms with E-state index >= 15 is 0 Å². The number of carboxylic acids is 1. The number of aliphatic carboxylic acids is 1. The SMILES string of the molecule is CC(C)C1=C[C@@]23CC[C@H]4[C@](C)(CCC[C@@]4(C)C(=O)O)[C@@H]2C[C@@H]1[C@H]1C(=O)N(c2cccc(O)c2)C(=O)[C@H]13. The van der Waals surface area contributed by atoms with Crippen molar-refractivity contribution in [3.63, 3.8) is 0 Å². The number of rotatable bonds is 3. The van der Waals surface area contributed by atoms with Gasteiger partial charge in [0.15, 0.2) is 0 Å². The predicted molar refractivity (Wildman–Crippen MR) is 135 cm³/mol. The van der Waals surface area contributed by atoms with Gasteiger partial charge in [-0.15, -0.1) is 0 Å². The van der Waals surface area contributed by atoms with Gasteiger partial charge in [0, 0.05) is 11.5 Å². The molecule has 6 aliphatic rings. The van der Waals surface area contributed by atoms with Gasteiger partial charge in [-0.05, 0) is 80.2 Å². The van der Waals surface area contributed by atoms with Crippen molar-refractivity contribution in [2.24, 2.45) is 51.8 Å². The first-order chi connectivity index (χ1) is 17.0. The molecule has 4 fully saturated rings. The Labute approximate surface area is 212 Å². The highest BCUT2D eigenvalue weighted by molar-refractivity contribution is 6.23. The lowest BCUT2D eigenvalue weighted by molar-refractivity contribution is -0.194. The Morgan fingerprint density at radius 3 is 2.50 bits per heavy atom. The van der Waals surface area contributed by atoms with Crippen LogP contribution >= 0.6 is 0 Å². The molecule has 1 spiro atoms. The number of amides is 2. The van der Waals surface area contributed by atoms with Crippen molar-refractivity contribution in [1.82, 2.24) is 0 Å². The van der Waals surface area contributed by atoms with Crippen molar-refractivity contribution < 1.29 is 24.6 Å². The minimum atomic E-state index is -0.752. The number of phenolic OH excluding ortho intramolecular Hbond substituents is 1. The largest absolute Gasteiger partial charge is 0.508 e. The summed E-state index contributed by atoms with van der Waals surface area (Å²) in [6.07, 6.45) is 7.30. The topological polar surface area (TPSA) is 94.9 Å². The highest BCUT2D eigenvalue weighted by atomic mass is 16.4. The monoisotopic (exact) mass is 491 g/mol. The maximum absolute atomic E-state index is 14.2. The number of nitrogens with zero attached hydrogens (tertiary/aromatic N) is 1. The molecule has 1 aromatic carbocycles. The number of phenols is 1. The van der Waals surface area contributed by atoms with Gasteiger partial charge in [0.2, 0.25) is 11.8 Å². The van der Waals surface area contributed by atoms with Crippen LogP contribution in [0.25, 0.3) is 0 Å². The summed E-state index contributed by atoms with van der Waals surface area (Å²) in [6, 6.07) is 6.43. The second-order valence-corrected chi connectivity index (χ2v) is 13.0. The highest BCUT2D eigenvalue weighted by Crippen LogP contribution is 2.74. The minimum absolute atomic E-state index is 0.00535. The molecule has 1 aliphatic heterocycles. The smallest absolute Gasteiger partial charge is 0.309 e. The standard InChI is InChI=1S/C30H37NO5/c1-16(2)20-15-30-12-9-21-28(3,10-6-11-29(21,4)27(35)36)22(30)14-19(20)23-24(30)26(34)31(25(23)33)17-7-5-8-18(32)13-17/h5,7-8,13,15-16,19,21-24,32H,6,9-12,14H2,1-4H3,(H,35,36)/t19-,21-,22-,23+,24-,28-,29+,30-/m0/s1. The van der Waals surface area contributed by atoms with Gasteiger partial charge < -0.3 is 10.2 Å². The molecule has 1 aromatic rings. The summed E-state index contributed by atoms with van der Waals surface area (Å²) in [5, 5.41) is 20.3. The summed E-state index contributed by atoms with van der Waals surface area (Å²) < 4.78 is 0. The third-order valence-corrected chi connectivity index (χ3v) is 11.2. The van der Waals surface area contributed by atoms with Crippen LogP contribution in [0.15, 0.2) is 35.9 Å². The Hall–Kier alpha value is -2.63. The lowest BCUT2D eigenvalue weighted by Crippen LogP contribution is -2.65. The van der Waals surface area contributed by atoms with Gasteiger partial charge in [0.25, 0.3) is 0 Å². The molecule has 36 heavy (non-hydrogen) atoms. The van der Waals surface area contributed by atoms with E-state index in [0.29, 0.717) is 12.1 Å². The Morgan fingerprint density at radius 1 is 1.08 bits per heavy atom. The van der Waals surface area contributed by atoms with Crippen molar-refractivity contribution in [2.45, 2.75) is 66.2 Å². The van der Waals surface area contributed by atoms with Crippen LogP contribution < -0.4 is 4.90 Å². The van der Waals surface area contributed by atoms with Crippen LogP contribution in [0.5, 0.6) is 5.75 Å². The molecule has 3 saturated carbocycles. The van der Waals surface area contributed by atoms with Gasteiger partial charge in [-0.1, -0.05) is 44.9 Å². The molecule has 0 unspecified atom stereocenters. The van der Waals surface area contributed by atoms with Crippen LogP contribution in [-0.4, -0.2) is 28.0 Å². The summed E-state index contributed by atoms with van der Waals surface area (Å²) in [5.41, 5.74) is 0.366. The van der Waals surface area contributed by atoms with Crippen LogP contribution in [0.3, 0.4) is 0 Å². The van der Waals surface area contributed by atoms with Crippen LogP contribution in [0.1, 0.15) is 66.2 Å². The van der Waals surface area contributed by atoms with Gasteiger partial charge in [-0.3, -0.25) is 14.4 Å². The first-order valence-electron chi connectivity index (χ1n) is 13.6. The predicted octanol–water partition coefficient (Wildman–Crippen LogP) is 5.41. The number of imide groups is 1. The molecular weight excluding hydrogens is 454 g/mol. The number of fused-ring (bicyclic) bond motifs is 1. The molecule has 5 aliphatic carbocycles. The Balaban J connectivity index is 1.50. The summed E-state index contributed by atoms with van der Waals surface area (Å²) in [6.45, 7) is 8.58. The minimum Gasteiger partial charge on any atom is -0.508 e. The average molecular weight is 492 g/mol. The Bertz CT molecular complexity index is 1200. The summed E-state index contributed by atoms with van der Waals surface area (Å²) in [5.74, 6) is -1.24. The number of allylic oxidation sites excluding steroid dienone is 2. The van der Waals surface area contributed by atoms with Crippen molar-refractivity contribution in [1.29, 1.82) is 0 Å². The van der Waals surface area contributed by atoms with Crippen LogP contribution in [0.2, 0.25) is 0 Å². The molecule has 6 nitrogen and oxygen atoms in total. The fourth-order valence-electron chi connectivity index (χ4n) is 9.84. The molecular formula is C30H37NO5. The summed E-state index contributed by atoms with van der Waals surface area (Å²) in [7, 11) is 0. The first-order valence-corrected chi connectivity index (χ1v) is 13.6. The van der Waals surface area contributed by atoms with Crippen LogP contribution in [0, 0.1) is 51.8 Å². The molecule has 6 heteroatoms. The molecule has 1 saturated heterocycles. The van der Waals surface area contributed by atoms with E-state index < -0.39 is 22.7 Å². The molecule has 192 valence electrons. The number of aromatic hydroxyl groups is 1. The quantitative estimate of drug-likeness (QED) is 0.436. The van der Waals surface area contributed by atoms with Gasteiger partial charge in [0.1, 0.15) is 5.75 Å². The number of carbonyl (C=O) groups excluding carboxylic acids is 2. The van der Waals surface area contributed by atoms with Crippen LogP contribution in [-0.2, 0) is 14.4 Å². The Morgan fingerprint density at radius 2 is 1.83 bits per heavy atom. The molecule has 8 atom stereocenters. The van der Waals surface area contributed by atoms with E-state index in [-0.39, 0.29) is 52.6 Å². The third kappa shape index (κ3) is 2.76. The summed E-state index contributed by atoms with van der Waals surface area (Å²) in [4.78, 5) is 42.0.